The van der Waals surface area contributed by atoms with Crippen LogP contribution in [0.15, 0.2) is 42.7 Å². The number of anilines is 1. The minimum absolute atomic E-state index is 0.917. The summed E-state index contributed by atoms with van der Waals surface area (Å²) < 4.78 is 0. The number of nitrogens with one attached hydrogen (secondary N) is 1. The normalized spacial score (nSPS) is 8.94. The lowest BCUT2D eigenvalue weighted by Gasteiger charge is -1.96. The molecular formula is C13H17N3. The molecule has 0 fully saturated rings. The van der Waals surface area contributed by atoms with E-state index >= 15 is 0 Å². The zero-order valence-corrected chi connectivity index (χ0v) is 9.94. The van der Waals surface area contributed by atoms with E-state index in [1.165, 1.54) is 5.56 Å². The van der Waals surface area contributed by atoms with Crippen LogP contribution in [-0.2, 0) is 0 Å². The Hall–Kier alpha value is -1.90. The van der Waals surface area contributed by atoms with Gasteiger partial charge in [-0.2, -0.15) is 0 Å². The number of pyridine rings is 2. The Bertz CT molecular complexity index is 395. The minimum Gasteiger partial charge on any atom is -0.373 e. The Morgan fingerprint density at radius 2 is 1.81 bits per heavy atom. The average molecular weight is 215 g/mol. The van der Waals surface area contributed by atoms with Crippen molar-refractivity contribution in [3.8, 4) is 0 Å². The van der Waals surface area contributed by atoms with Gasteiger partial charge in [-0.3, -0.25) is 4.98 Å². The van der Waals surface area contributed by atoms with E-state index in [4.69, 9.17) is 0 Å². The van der Waals surface area contributed by atoms with Crippen molar-refractivity contribution in [1.82, 2.24) is 9.97 Å². The summed E-state index contributed by atoms with van der Waals surface area (Å²) in [5.41, 5.74) is 2.26. The van der Waals surface area contributed by atoms with Crippen LogP contribution < -0.4 is 5.32 Å². The topological polar surface area (TPSA) is 37.8 Å². The van der Waals surface area contributed by atoms with Gasteiger partial charge in [0.15, 0.2) is 0 Å². The molecule has 2 heterocycles. The largest absolute Gasteiger partial charge is 0.373 e. The number of rotatable bonds is 1. The Morgan fingerprint density at radius 1 is 1.00 bits per heavy atom. The summed E-state index contributed by atoms with van der Waals surface area (Å²) in [6.07, 6.45) is 3.63. The van der Waals surface area contributed by atoms with Gasteiger partial charge in [-0.15, -0.1) is 0 Å². The predicted molar refractivity (Wildman–Crippen MR) is 67.5 cm³/mol. The maximum atomic E-state index is 4.09. The second-order valence-electron chi connectivity index (χ2n) is 3.44. The molecule has 1 N–H and O–H groups in total. The molecule has 16 heavy (non-hydrogen) atoms. The smallest absolute Gasteiger partial charge is 0.125 e. The second-order valence-corrected chi connectivity index (χ2v) is 3.44. The third kappa shape index (κ3) is 4.55. The van der Waals surface area contributed by atoms with E-state index in [0.29, 0.717) is 0 Å². The highest BCUT2D eigenvalue weighted by molar-refractivity contribution is 5.33. The second kappa shape index (κ2) is 6.56. The summed E-state index contributed by atoms with van der Waals surface area (Å²) in [5.74, 6) is 0.917. The van der Waals surface area contributed by atoms with E-state index in [2.05, 4.69) is 15.3 Å². The van der Waals surface area contributed by atoms with Gasteiger partial charge < -0.3 is 5.32 Å². The van der Waals surface area contributed by atoms with E-state index in [1.54, 1.807) is 6.20 Å². The van der Waals surface area contributed by atoms with Crippen LogP contribution in [0.3, 0.4) is 0 Å². The lowest BCUT2D eigenvalue weighted by molar-refractivity contribution is 1.20. The van der Waals surface area contributed by atoms with Crippen LogP contribution in [0.2, 0.25) is 0 Å². The van der Waals surface area contributed by atoms with Crippen molar-refractivity contribution >= 4 is 5.82 Å². The van der Waals surface area contributed by atoms with Crippen LogP contribution in [0.1, 0.15) is 11.3 Å². The van der Waals surface area contributed by atoms with Crippen LogP contribution >= 0.6 is 0 Å². The molecule has 0 aromatic carbocycles. The molecule has 2 aromatic heterocycles. The monoisotopic (exact) mass is 215 g/mol. The van der Waals surface area contributed by atoms with Crippen molar-refractivity contribution in [2.24, 2.45) is 0 Å². The fourth-order valence-electron chi connectivity index (χ4n) is 1.06. The molecule has 3 nitrogen and oxygen atoms in total. The summed E-state index contributed by atoms with van der Waals surface area (Å²) in [5, 5.41) is 2.94. The van der Waals surface area contributed by atoms with Gasteiger partial charge in [0, 0.05) is 25.1 Å². The molecule has 2 aromatic rings. The van der Waals surface area contributed by atoms with Crippen LogP contribution in [-0.4, -0.2) is 17.0 Å². The number of aromatic nitrogens is 2. The standard InChI is InChI=1S/C7H10N2.C6H7N/c1-6-3-4-7(8-2)9-5-6;1-6-4-2-3-5-7-6/h3-5H,1-2H3,(H,8,9);2-5H,1H3. The van der Waals surface area contributed by atoms with Gasteiger partial charge in [0.05, 0.1) is 0 Å². The summed E-state index contributed by atoms with van der Waals surface area (Å²) in [4.78, 5) is 8.06. The molecule has 0 atom stereocenters. The summed E-state index contributed by atoms with van der Waals surface area (Å²) in [6, 6.07) is 9.84. The SMILES string of the molecule is CNc1ccc(C)cn1.Cc1ccccn1. The van der Waals surface area contributed by atoms with Crippen LogP contribution in [0.5, 0.6) is 0 Å². The van der Waals surface area contributed by atoms with Gasteiger partial charge in [-0.1, -0.05) is 12.1 Å². The maximum absolute atomic E-state index is 4.09. The van der Waals surface area contributed by atoms with Crippen molar-refractivity contribution in [2.75, 3.05) is 12.4 Å². The third-order valence-corrected chi connectivity index (χ3v) is 1.98. The lowest BCUT2D eigenvalue weighted by atomic mass is 10.3. The molecule has 0 spiro atoms. The van der Waals surface area contributed by atoms with Gasteiger partial charge >= 0.3 is 0 Å². The van der Waals surface area contributed by atoms with Crippen LogP contribution in [0.4, 0.5) is 5.82 Å². The number of hydrogen-bond acceptors (Lipinski definition) is 3. The highest BCUT2D eigenvalue weighted by atomic mass is 14.9. The van der Waals surface area contributed by atoms with Crippen molar-refractivity contribution in [3.63, 3.8) is 0 Å². The van der Waals surface area contributed by atoms with E-state index in [-0.39, 0.29) is 0 Å². The molecular weight excluding hydrogens is 198 g/mol. The number of hydrogen-bond donors (Lipinski definition) is 1. The quantitative estimate of drug-likeness (QED) is 0.795. The molecule has 0 saturated carbocycles. The molecule has 0 amide bonds. The Balaban J connectivity index is 0.000000165. The zero-order chi connectivity index (χ0) is 11.8. The zero-order valence-electron chi connectivity index (χ0n) is 9.94. The average Bonchev–Trinajstić information content (AvgIpc) is 2.32. The number of nitrogens with zero attached hydrogens (tertiary/aromatic N) is 2. The summed E-state index contributed by atoms with van der Waals surface area (Å²) in [7, 11) is 1.86. The third-order valence-electron chi connectivity index (χ3n) is 1.98. The molecule has 2 rings (SSSR count). The Kier molecular flexibility index (Phi) is 4.99. The molecule has 0 aliphatic rings. The molecule has 0 bridgehead atoms. The summed E-state index contributed by atoms with van der Waals surface area (Å²) >= 11 is 0. The van der Waals surface area contributed by atoms with Crippen molar-refractivity contribution in [1.29, 1.82) is 0 Å². The molecule has 0 unspecified atom stereocenters. The molecule has 84 valence electrons. The maximum Gasteiger partial charge on any atom is 0.125 e. The highest BCUT2D eigenvalue weighted by Crippen LogP contribution is 2.01. The van der Waals surface area contributed by atoms with E-state index < -0.39 is 0 Å². The van der Waals surface area contributed by atoms with Gasteiger partial charge in [0.25, 0.3) is 0 Å². The Labute approximate surface area is 96.6 Å². The van der Waals surface area contributed by atoms with E-state index in [0.717, 1.165) is 11.5 Å². The first-order valence-electron chi connectivity index (χ1n) is 5.20. The molecule has 3 heteroatoms. The molecule has 0 radical (unpaired) electrons. The van der Waals surface area contributed by atoms with Crippen LogP contribution in [0, 0.1) is 13.8 Å². The molecule has 0 aliphatic carbocycles. The first-order valence-corrected chi connectivity index (χ1v) is 5.20. The van der Waals surface area contributed by atoms with Gasteiger partial charge in [-0.25, -0.2) is 4.98 Å². The van der Waals surface area contributed by atoms with Crippen molar-refractivity contribution < 1.29 is 0 Å². The van der Waals surface area contributed by atoms with E-state index in [9.17, 15) is 0 Å². The number of aryl methyl sites for hydroxylation is 2. The highest BCUT2D eigenvalue weighted by Gasteiger charge is 1.85. The first kappa shape index (κ1) is 12.2. The minimum atomic E-state index is 0.917. The van der Waals surface area contributed by atoms with Crippen molar-refractivity contribution in [3.05, 3.63) is 54.0 Å². The van der Waals surface area contributed by atoms with Crippen LogP contribution in [0.25, 0.3) is 0 Å². The van der Waals surface area contributed by atoms with Gasteiger partial charge in [0.1, 0.15) is 5.82 Å². The van der Waals surface area contributed by atoms with E-state index in [1.807, 2.05) is 57.4 Å². The molecule has 0 saturated heterocycles. The van der Waals surface area contributed by atoms with Gasteiger partial charge in [-0.05, 0) is 37.6 Å². The van der Waals surface area contributed by atoms with Gasteiger partial charge in [0.2, 0.25) is 0 Å². The lowest BCUT2D eigenvalue weighted by Crippen LogP contribution is -1.90. The summed E-state index contributed by atoms with van der Waals surface area (Å²) in [6.45, 7) is 3.99. The molecule has 0 aliphatic heterocycles. The first-order chi connectivity index (χ1) is 7.72. The fourth-order valence-corrected chi connectivity index (χ4v) is 1.06. The van der Waals surface area contributed by atoms with Crippen molar-refractivity contribution in [2.45, 2.75) is 13.8 Å². The predicted octanol–water partition coefficient (Wildman–Crippen LogP) is 2.82. The Morgan fingerprint density at radius 3 is 2.19 bits per heavy atom. The fraction of sp³-hybridized carbons (Fsp3) is 0.231.